The topological polar surface area (TPSA) is 157 Å². The third-order valence-corrected chi connectivity index (χ3v) is 16.8. The molecule has 8 rings (SSSR count). The first-order chi connectivity index (χ1) is 35.5. The molecule has 1 atom stereocenters. The summed E-state index contributed by atoms with van der Waals surface area (Å²) in [5.74, 6) is -0.648. The van der Waals surface area contributed by atoms with Crippen LogP contribution in [0.5, 0.6) is 0 Å². The predicted molar refractivity (Wildman–Crippen MR) is 275 cm³/mol. The summed E-state index contributed by atoms with van der Waals surface area (Å²) in [6.45, 7) is 2.31. The number of piperidine rings is 1. The van der Waals surface area contributed by atoms with Gasteiger partial charge >= 0.3 is 12.4 Å². The Morgan fingerprint density at radius 1 is 0.533 bits per heavy atom. The van der Waals surface area contributed by atoms with Gasteiger partial charge < -0.3 is 21.3 Å². The molecule has 2 heterocycles. The summed E-state index contributed by atoms with van der Waals surface area (Å²) in [7, 11) is -7.47. The van der Waals surface area contributed by atoms with Crippen molar-refractivity contribution in [2.24, 2.45) is 0 Å². The highest BCUT2D eigenvalue weighted by Gasteiger charge is 2.34. The summed E-state index contributed by atoms with van der Waals surface area (Å²) in [5, 5.41) is 13.1. The van der Waals surface area contributed by atoms with Crippen molar-refractivity contribution in [2.45, 2.75) is 73.0 Å². The number of amides is 2. The summed E-state index contributed by atoms with van der Waals surface area (Å²) in [5.41, 5.74) is 1.89. The van der Waals surface area contributed by atoms with E-state index in [4.69, 9.17) is 23.2 Å². The number of rotatable bonds is 16. The van der Waals surface area contributed by atoms with Gasteiger partial charge in [0, 0.05) is 78.2 Å². The molecule has 4 N–H and O–H groups in total. The van der Waals surface area contributed by atoms with E-state index < -0.39 is 49.4 Å². The Balaban J connectivity index is 0.000000219. The fourth-order valence-corrected chi connectivity index (χ4v) is 11.6. The zero-order valence-corrected chi connectivity index (χ0v) is 43.1. The summed E-state index contributed by atoms with van der Waals surface area (Å²) in [6, 6.07) is 35.5. The Bertz CT molecular complexity index is 3130. The highest BCUT2D eigenvalue weighted by Crippen LogP contribution is 2.31. The van der Waals surface area contributed by atoms with Crippen LogP contribution >= 0.6 is 23.2 Å². The SMILES string of the molecule is O=C(NCc1ccc(S(=O)(=O)N2CCC(NCc3ccc(C(F)(F)F)cc3)CC2)cc1)c1ccc(Cl)cc1.O=C(Nc1cccc(S(=O)(=O)N2CCC(NCCc3cccc(C(F)(F)F)c3)C2)c1)c1ccc(Cl)cc1. The molecule has 12 nitrogen and oxygen atoms in total. The largest absolute Gasteiger partial charge is 0.416 e. The first kappa shape index (κ1) is 56.9. The number of carbonyl (C=O) groups excluding carboxylic acids is 2. The molecule has 0 radical (unpaired) electrons. The number of alkyl halides is 6. The van der Waals surface area contributed by atoms with Crippen LogP contribution in [0, 0.1) is 0 Å². The van der Waals surface area contributed by atoms with Crippen LogP contribution in [0.25, 0.3) is 0 Å². The lowest BCUT2D eigenvalue weighted by molar-refractivity contribution is -0.138. The quantitative estimate of drug-likeness (QED) is 0.0698. The van der Waals surface area contributed by atoms with E-state index in [1.165, 1.54) is 51.1 Å². The van der Waals surface area contributed by atoms with E-state index in [9.17, 15) is 52.8 Å². The normalized spacial score (nSPS) is 16.0. The molecule has 0 spiro atoms. The number of nitrogens with zero attached hydrogens (tertiary/aromatic N) is 2. The van der Waals surface area contributed by atoms with Gasteiger partial charge in [-0.3, -0.25) is 9.59 Å². The summed E-state index contributed by atoms with van der Waals surface area (Å²) >= 11 is 11.7. The van der Waals surface area contributed by atoms with Gasteiger partial charge in [0.25, 0.3) is 11.8 Å². The van der Waals surface area contributed by atoms with Crippen molar-refractivity contribution >= 4 is 60.8 Å². The minimum Gasteiger partial charge on any atom is -0.348 e. The maximum atomic E-state index is 13.2. The van der Waals surface area contributed by atoms with E-state index in [1.54, 1.807) is 78.9 Å². The molecule has 0 bridgehead atoms. The fourth-order valence-electron chi connectivity index (χ4n) is 8.31. The van der Waals surface area contributed by atoms with Crippen LogP contribution in [0.15, 0.2) is 155 Å². The average molecular weight is 1120 g/mol. The van der Waals surface area contributed by atoms with Crippen molar-refractivity contribution in [2.75, 3.05) is 38.0 Å². The van der Waals surface area contributed by atoms with E-state index in [0.717, 1.165) is 35.4 Å². The maximum Gasteiger partial charge on any atom is 0.416 e. The molecule has 398 valence electrons. The summed E-state index contributed by atoms with van der Waals surface area (Å²) in [6.07, 6.45) is -6.60. The van der Waals surface area contributed by atoms with E-state index in [0.29, 0.717) is 90.8 Å². The van der Waals surface area contributed by atoms with Gasteiger partial charge in [-0.25, -0.2) is 16.8 Å². The van der Waals surface area contributed by atoms with Gasteiger partial charge in [-0.05, 0) is 146 Å². The minimum absolute atomic E-state index is 0.0611. The molecule has 75 heavy (non-hydrogen) atoms. The molecule has 2 aliphatic rings. The number of benzene rings is 6. The standard InChI is InChI=1S/C27H27ClF3N3O3S.C26H25ClF3N3O3S/c28-23-9-5-21(6-10-23)26(35)33-18-20-3-11-25(12-4-20)38(36,37)34-15-13-24(14-16-34)32-17-19-1-7-22(8-2-19)27(29,30)31;27-21-9-7-19(8-10-21)25(34)32-22-5-2-6-24(16-22)37(35,36)33-14-12-23(17-33)31-13-11-18-3-1-4-20(15-18)26(28,29)30/h1-12,24,32H,13-18H2,(H,33,35);1-10,15-16,23,31H,11-14,17H2,(H,32,34). The number of hydrogen-bond donors (Lipinski definition) is 4. The zero-order valence-electron chi connectivity index (χ0n) is 40.0. The monoisotopic (exact) mass is 1120 g/mol. The van der Waals surface area contributed by atoms with Crippen LogP contribution in [0.3, 0.4) is 0 Å². The van der Waals surface area contributed by atoms with Gasteiger partial charge in [-0.15, -0.1) is 0 Å². The zero-order chi connectivity index (χ0) is 54.0. The van der Waals surface area contributed by atoms with E-state index >= 15 is 0 Å². The highest BCUT2D eigenvalue weighted by molar-refractivity contribution is 7.89. The lowest BCUT2D eigenvalue weighted by Gasteiger charge is -2.31. The van der Waals surface area contributed by atoms with Crippen molar-refractivity contribution in [1.82, 2.24) is 24.6 Å². The number of hydrogen-bond acceptors (Lipinski definition) is 8. The third kappa shape index (κ3) is 15.9. The smallest absolute Gasteiger partial charge is 0.348 e. The Hall–Kier alpha value is -5.84. The van der Waals surface area contributed by atoms with Gasteiger partial charge in [0.15, 0.2) is 0 Å². The molecule has 22 heteroatoms. The molecular weight excluding hydrogens is 1070 g/mol. The molecule has 6 aromatic carbocycles. The number of anilines is 1. The van der Waals surface area contributed by atoms with Crippen LogP contribution < -0.4 is 21.3 Å². The first-order valence-corrected chi connectivity index (χ1v) is 27.3. The van der Waals surface area contributed by atoms with E-state index in [1.807, 2.05) is 0 Å². The molecule has 2 fully saturated rings. The Kier molecular flexibility index (Phi) is 18.9. The first-order valence-electron chi connectivity index (χ1n) is 23.6. The van der Waals surface area contributed by atoms with E-state index in [-0.39, 0.29) is 40.9 Å². The Morgan fingerprint density at radius 3 is 1.68 bits per heavy atom. The second kappa shape index (κ2) is 24.9. The second-order valence-corrected chi connectivity index (χ2v) is 22.6. The lowest BCUT2D eigenvalue weighted by Crippen LogP contribution is -2.44. The van der Waals surface area contributed by atoms with Gasteiger partial charge in [-0.2, -0.15) is 35.0 Å². The molecule has 0 aliphatic carbocycles. The number of carbonyl (C=O) groups is 2. The van der Waals surface area contributed by atoms with Crippen molar-refractivity contribution in [3.63, 3.8) is 0 Å². The molecule has 1 unspecified atom stereocenters. The van der Waals surface area contributed by atoms with Gasteiger partial charge in [-0.1, -0.05) is 71.7 Å². The molecule has 6 aromatic rings. The molecule has 2 aliphatic heterocycles. The third-order valence-electron chi connectivity index (χ3n) is 12.5. The summed E-state index contributed by atoms with van der Waals surface area (Å²) < 4.78 is 132. The van der Waals surface area contributed by atoms with Crippen molar-refractivity contribution < 1.29 is 52.8 Å². The fraction of sp³-hybridized carbons (Fsp3) is 0.283. The Morgan fingerprint density at radius 2 is 1.07 bits per heavy atom. The minimum atomic E-state index is -4.39. The molecule has 2 amide bonds. The molecule has 0 aromatic heterocycles. The molecule has 0 saturated carbocycles. The van der Waals surface area contributed by atoms with Crippen LogP contribution in [0.1, 0.15) is 67.8 Å². The van der Waals surface area contributed by atoms with Crippen LogP contribution in [0.2, 0.25) is 10.0 Å². The number of sulfonamides is 2. The van der Waals surface area contributed by atoms with Gasteiger partial charge in [0.05, 0.1) is 20.9 Å². The van der Waals surface area contributed by atoms with Crippen LogP contribution in [-0.4, -0.2) is 82.1 Å². The summed E-state index contributed by atoms with van der Waals surface area (Å²) in [4.78, 5) is 25.0. The number of nitrogens with one attached hydrogen (secondary N) is 4. The highest BCUT2D eigenvalue weighted by atomic mass is 35.5. The number of halogens is 8. The van der Waals surface area contributed by atoms with E-state index in [2.05, 4.69) is 21.3 Å². The Labute approximate surface area is 441 Å². The second-order valence-electron chi connectivity index (χ2n) is 17.8. The molecular formula is C53H52Cl2F6N6O6S2. The predicted octanol–water partition coefficient (Wildman–Crippen LogP) is 10.4. The van der Waals surface area contributed by atoms with Crippen molar-refractivity contribution in [3.8, 4) is 0 Å². The van der Waals surface area contributed by atoms with Gasteiger partial charge in [0.2, 0.25) is 20.0 Å². The lowest BCUT2D eigenvalue weighted by atomic mass is 10.1. The maximum absolute atomic E-state index is 13.2. The average Bonchev–Trinajstić information content (AvgIpc) is 3.88. The molecule has 2 saturated heterocycles. The van der Waals surface area contributed by atoms with Crippen molar-refractivity contribution in [3.05, 3.63) is 195 Å². The van der Waals surface area contributed by atoms with Crippen molar-refractivity contribution in [1.29, 1.82) is 0 Å². The van der Waals surface area contributed by atoms with Crippen LogP contribution in [0.4, 0.5) is 32.0 Å². The van der Waals surface area contributed by atoms with Crippen LogP contribution in [-0.2, 0) is 51.9 Å². The van der Waals surface area contributed by atoms with Gasteiger partial charge in [0.1, 0.15) is 0 Å².